The first-order valence-corrected chi connectivity index (χ1v) is 11.8. The number of hydrogen-bond acceptors (Lipinski definition) is 3. The van der Waals surface area contributed by atoms with Crippen LogP contribution in [0.4, 0.5) is 18.9 Å². The standard InChI is InChI=1S/C28H24N2O.C2HF3O2/c29-28(24-12-5-2-6-13-24)19-26(28)21-14-16-25(17-15-21)30-27(31)23-11-7-10-22(18-23)20-8-3-1-4-9-20;3-2(4,5)1(6)7/h1-18,26H,19,29H2,(H,30,31);(H,6,7). The number of rotatable bonds is 5. The Bertz CT molecular complexity index is 1410. The number of halogens is 3. The second-order valence-corrected chi connectivity index (χ2v) is 8.99. The van der Waals surface area contributed by atoms with Gasteiger partial charge in [-0.2, -0.15) is 13.2 Å². The van der Waals surface area contributed by atoms with Gasteiger partial charge in [-0.05, 0) is 52.9 Å². The van der Waals surface area contributed by atoms with Crippen molar-refractivity contribution in [3.8, 4) is 11.1 Å². The van der Waals surface area contributed by atoms with Crippen LogP contribution in [0.15, 0.2) is 109 Å². The molecule has 1 aliphatic rings. The summed E-state index contributed by atoms with van der Waals surface area (Å²) in [5.74, 6) is -2.57. The molecule has 1 aliphatic carbocycles. The smallest absolute Gasteiger partial charge is 0.475 e. The van der Waals surface area contributed by atoms with E-state index in [1.807, 2.05) is 84.9 Å². The van der Waals surface area contributed by atoms with Crippen molar-refractivity contribution in [2.45, 2.75) is 24.1 Å². The SMILES string of the molecule is NC1(c2ccccc2)CC1c1ccc(NC(=O)c2cccc(-c3ccccc3)c2)cc1.O=C(O)C(F)(F)F. The lowest BCUT2D eigenvalue weighted by atomic mass is 9.99. The molecule has 38 heavy (non-hydrogen) atoms. The van der Waals surface area contributed by atoms with E-state index in [1.165, 1.54) is 11.1 Å². The first-order chi connectivity index (χ1) is 18.1. The molecule has 8 heteroatoms. The number of carboxylic acids is 1. The molecule has 0 saturated heterocycles. The van der Waals surface area contributed by atoms with E-state index >= 15 is 0 Å². The quantitative estimate of drug-likeness (QED) is 0.278. The van der Waals surface area contributed by atoms with E-state index < -0.39 is 12.1 Å². The normalized spacial score (nSPS) is 18.1. The van der Waals surface area contributed by atoms with E-state index in [4.69, 9.17) is 15.6 Å². The van der Waals surface area contributed by atoms with Crippen molar-refractivity contribution in [1.29, 1.82) is 0 Å². The van der Waals surface area contributed by atoms with Crippen LogP contribution >= 0.6 is 0 Å². The molecule has 2 unspecified atom stereocenters. The number of amides is 1. The number of alkyl halides is 3. The highest BCUT2D eigenvalue weighted by molar-refractivity contribution is 6.05. The molecule has 4 aromatic rings. The monoisotopic (exact) mass is 518 g/mol. The van der Waals surface area contributed by atoms with Gasteiger partial charge in [-0.25, -0.2) is 4.79 Å². The Hall–Kier alpha value is -4.43. The highest BCUT2D eigenvalue weighted by Crippen LogP contribution is 2.56. The average molecular weight is 519 g/mol. The summed E-state index contributed by atoms with van der Waals surface area (Å²) in [7, 11) is 0. The zero-order valence-electron chi connectivity index (χ0n) is 20.2. The summed E-state index contributed by atoms with van der Waals surface area (Å²) in [6, 6.07) is 36.1. The molecule has 4 aromatic carbocycles. The number of carbonyl (C=O) groups excluding carboxylic acids is 1. The number of carboxylic acid groups (broad SMARTS) is 1. The predicted molar refractivity (Wildman–Crippen MR) is 140 cm³/mol. The van der Waals surface area contributed by atoms with E-state index in [-0.39, 0.29) is 11.4 Å². The van der Waals surface area contributed by atoms with Gasteiger partial charge in [0, 0.05) is 22.7 Å². The van der Waals surface area contributed by atoms with Crippen molar-refractivity contribution in [1.82, 2.24) is 0 Å². The van der Waals surface area contributed by atoms with Crippen LogP contribution < -0.4 is 11.1 Å². The lowest BCUT2D eigenvalue weighted by Gasteiger charge is -2.13. The third-order valence-electron chi connectivity index (χ3n) is 6.36. The summed E-state index contributed by atoms with van der Waals surface area (Å²) in [4.78, 5) is 21.7. The fourth-order valence-corrected chi connectivity index (χ4v) is 4.23. The van der Waals surface area contributed by atoms with Crippen LogP contribution in [0, 0.1) is 0 Å². The van der Waals surface area contributed by atoms with E-state index in [2.05, 4.69) is 29.6 Å². The maximum absolute atomic E-state index is 12.8. The summed E-state index contributed by atoms with van der Waals surface area (Å²) in [6.07, 6.45) is -4.14. The van der Waals surface area contributed by atoms with Gasteiger partial charge >= 0.3 is 12.1 Å². The van der Waals surface area contributed by atoms with Crippen molar-refractivity contribution in [3.05, 3.63) is 126 Å². The fourth-order valence-electron chi connectivity index (χ4n) is 4.23. The molecule has 2 atom stereocenters. The van der Waals surface area contributed by atoms with Gasteiger partial charge in [0.05, 0.1) is 0 Å². The lowest BCUT2D eigenvalue weighted by molar-refractivity contribution is -0.192. The number of carbonyl (C=O) groups is 2. The van der Waals surface area contributed by atoms with Crippen molar-refractivity contribution in [2.24, 2.45) is 5.73 Å². The molecule has 194 valence electrons. The Labute approximate surface area is 217 Å². The van der Waals surface area contributed by atoms with Crippen molar-refractivity contribution in [2.75, 3.05) is 5.32 Å². The van der Waals surface area contributed by atoms with E-state index in [9.17, 15) is 18.0 Å². The molecule has 0 radical (unpaired) electrons. The zero-order valence-corrected chi connectivity index (χ0v) is 20.2. The minimum atomic E-state index is -5.08. The third kappa shape index (κ3) is 6.27. The molecular formula is C30H25F3N2O3. The minimum Gasteiger partial charge on any atom is -0.475 e. The number of nitrogens with one attached hydrogen (secondary N) is 1. The lowest BCUT2D eigenvalue weighted by Crippen LogP contribution is -2.21. The molecule has 0 aromatic heterocycles. The van der Waals surface area contributed by atoms with E-state index in [1.54, 1.807) is 0 Å². The van der Waals surface area contributed by atoms with Crippen molar-refractivity contribution in [3.63, 3.8) is 0 Å². The average Bonchev–Trinajstić information content (AvgIpc) is 3.62. The summed E-state index contributed by atoms with van der Waals surface area (Å²) in [5.41, 5.74) is 12.3. The molecule has 1 amide bonds. The highest BCUT2D eigenvalue weighted by atomic mass is 19.4. The van der Waals surface area contributed by atoms with Gasteiger partial charge in [-0.3, -0.25) is 4.79 Å². The van der Waals surface area contributed by atoms with Crippen molar-refractivity contribution >= 4 is 17.6 Å². The molecule has 5 rings (SSSR count). The first-order valence-electron chi connectivity index (χ1n) is 11.8. The Balaban J connectivity index is 0.000000426. The Kier molecular flexibility index (Phi) is 7.64. The fraction of sp³-hybridized carbons (Fsp3) is 0.133. The van der Waals surface area contributed by atoms with Crippen LogP contribution in [0.5, 0.6) is 0 Å². The van der Waals surface area contributed by atoms with Crippen LogP contribution in [-0.4, -0.2) is 23.2 Å². The second kappa shape index (κ2) is 10.9. The number of aliphatic carboxylic acids is 1. The molecular weight excluding hydrogens is 493 g/mol. The first kappa shape index (κ1) is 26.6. The number of hydrogen-bond donors (Lipinski definition) is 3. The molecule has 0 bridgehead atoms. The van der Waals surface area contributed by atoms with Crippen molar-refractivity contribution < 1.29 is 27.9 Å². The second-order valence-electron chi connectivity index (χ2n) is 8.99. The molecule has 1 fully saturated rings. The van der Waals surface area contributed by atoms with Crippen LogP contribution in [0.3, 0.4) is 0 Å². The zero-order chi connectivity index (χ0) is 27.3. The maximum atomic E-state index is 12.8. The molecule has 0 aliphatic heterocycles. The highest BCUT2D eigenvalue weighted by Gasteiger charge is 2.52. The molecule has 4 N–H and O–H groups in total. The topological polar surface area (TPSA) is 92.4 Å². The van der Waals surface area contributed by atoms with Crippen LogP contribution in [0.2, 0.25) is 0 Å². The molecule has 5 nitrogen and oxygen atoms in total. The van der Waals surface area contributed by atoms with E-state index in [0.717, 1.165) is 23.2 Å². The predicted octanol–water partition coefficient (Wildman–Crippen LogP) is 6.58. The van der Waals surface area contributed by atoms with Gasteiger partial charge in [0.2, 0.25) is 0 Å². The Morgan fingerprint density at radius 2 is 1.37 bits per heavy atom. The van der Waals surface area contributed by atoms with Crippen LogP contribution in [0.25, 0.3) is 11.1 Å². The van der Waals surface area contributed by atoms with Gasteiger partial charge in [-0.15, -0.1) is 0 Å². The van der Waals surface area contributed by atoms with Gasteiger partial charge < -0.3 is 16.2 Å². The van der Waals surface area contributed by atoms with Crippen LogP contribution in [-0.2, 0) is 10.3 Å². The minimum absolute atomic E-state index is 0.116. The van der Waals surface area contributed by atoms with Gasteiger partial charge in [0.15, 0.2) is 0 Å². The number of nitrogens with two attached hydrogens (primary N) is 1. The molecule has 1 saturated carbocycles. The van der Waals surface area contributed by atoms with E-state index in [0.29, 0.717) is 11.5 Å². The Morgan fingerprint density at radius 3 is 1.95 bits per heavy atom. The van der Waals surface area contributed by atoms with Crippen LogP contribution in [0.1, 0.15) is 33.8 Å². The van der Waals surface area contributed by atoms with Gasteiger partial charge in [0.1, 0.15) is 0 Å². The molecule has 0 spiro atoms. The molecule has 0 heterocycles. The number of benzene rings is 4. The third-order valence-corrected chi connectivity index (χ3v) is 6.36. The summed E-state index contributed by atoms with van der Waals surface area (Å²) in [5, 5.41) is 10.1. The summed E-state index contributed by atoms with van der Waals surface area (Å²) < 4.78 is 31.7. The Morgan fingerprint density at radius 1 is 0.816 bits per heavy atom. The largest absolute Gasteiger partial charge is 0.490 e. The number of anilines is 1. The summed E-state index contributed by atoms with van der Waals surface area (Å²) in [6.45, 7) is 0. The van der Waals surface area contributed by atoms with Gasteiger partial charge in [0.25, 0.3) is 5.91 Å². The maximum Gasteiger partial charge on any atom is 0.490 e. The van der Waals surface area contributed by atoms with Gasteiger partial charge in [-0.1, -0.05) is 84.9 Å². The summed E-state index contributed by atoms with van der Waals surface area (Å²) >= 11 is 0.